The minimum atomic E-state index is -1.42. The van der Waals surface area contributed by atoms with E-state index in [1.807, 2.05) is 6.92 Å². The van der Waals surface area contributed by atoms with Gasteiger partial charge in [0.15, 0.2) is 0 Å². The maximum atomic E-state index is 13.1. The number of nitrogens with one attached hydrogen (secondary N) is 1. The molecule has 1 aliphatic rings. The SMILES string of the molecule is CCOC1CC(NC(=O)c2cnn(-c3ccc(F)cc3)c2C)(C(=O)O)C1(C)C. The Morgan fingerprint density at radius 1 is 1.36 bits per heavy atom. The van der Waals surface area contributed by atoms with E-state index in [-0.39, 0.29) is 23.9 Å². The molecule has 1 amide bonds. The lowest BCUT2D eigenvalue weighted by Gasteiger charge is -2.58. The molecule has 150 valence electrons. The van der Waals surface area contributed by atoms with E-state index in [1.165, 1.54) is 23.0 Å². The van der Waals surface area contributed by atoms with Gasteiger partial charge in [0.05, 0.1) is 29.2 Å². The normalized spacial score (nSPS) is 23.1. The molecule has 2 atom stereocenters. The number of carboxylic acids is 1. The van der Waals surface area contributed by atoms with Crippen LogP contribution in [0.5, 0.6) is 0 Å². The number of aliphatic carboxylic acids is 1. The second kappa shape index (κ2) is 7.01. The summed E-state index contributed by atoms with van der Waals surface area (Å²) in [6, 6.07) is 5.72. The van der Waals surface area contributed by atoms with Gasteiger partial charge in [0.1, 0.15) is 11.4 Å². The van der Waals surface area contributed by atoms with E-state index in [1.54, 1.807) is 32.9 Å². The van der Waals surface area contributed by atoms with E-state index >= 15 is 0 Å². The summed E-state index contributed by atoms with van der Waals surface area (Å²) >= 11 is 0. The summed E-state index contributed by atoms with van der Waals surface area (Å²) in [4.78, 5) is 25.0. The van der Waals surface area contributed by atoms with Crippen LogP contribution in [0.3, 0.4) is 0 Å². The van der Waals surface area contributed by atoms with E-state index in [2.05, 4.69) is 10.4 Å². The largest absolute Gasteiger partial charge is 0.479 e. The molecule has 3 rings (SSSR count). The van der Waals surface area contributed by atoms with Crippen LogP contribution >= 0.6 is 0 Å². The summed E-state index contributed by atoms with van der Waals surface area (Å²) in [5.41, 5.74) is -0.797. The fourth-order valence-corrected chi connectivity index (χ4v) is 3.77. The number of benzene rings is 1. The zero-order chi connectivity index (χ0) is 20.7. The van der Waals surface area contributed by atoms with Crippen molar-refractivity contribution < 1.29 is 23.8 Å². The lowest BCUT2D eigenvalue weighted by molar-refractivity contribution is -0.190. The van der Waals surface area contributed by atoms with E-state index in [0.717, 1.165) is 0 Å². The van der Waals surface area contributed by atoms with Gasteiger partial charge in [0.25, 0.3) is 5.91 Å². The number of hydrogen-bond donors (Lipinski definition) is 2. The molecule has 1 aromatic carbocycles. The van der Waals surface area contributed by atoms with E-state index in [4.69, 9.17) is 4.74 Å². The quantitative estimate of drug-likeness (QED) is 0.792. The fourth-order valence-electron chi connectivity index (χ4n) is 3.77. The number of nitrogens with zero attached hydrogens (tertiary/aromatic N) is 2. The van der Waals surface area contributed by atoms with Crippen LogP contribution in [-0.2, 0) is 9.53 Å². The van der Waals surface area contributed by atoms with E-state index in [0.29, 0.717) is 18.0 Å². The van der Waals surface area contributed by atoms with Gasteiger partial charge in [0, 0.05) is 18.4 Å². The van der Waals surface area contributed by atoms with Crippen molar-refractivity contribution in [3.8, 4) is 5.69 Å². The van der Waals surface area contributed by atoms with Crippen LogP contribution in [0, 0.1) is 18.2 Å². The first-order valence-corrected chi connectivity index (χ1v) is 9.12. The highest BCUT2D eigenvalue weighted by atomic mass is 19.1. The second-order valence-electron chi connectivity index (χ2n) is 7.57. The number of ether oxygens (including phenoxy) is 1. The monoisotopic (exact) mass is 389 g/mol. The van der Waals surface area contributed by atoms with Crippen LogP contribution < -0.4 is 5.32 Å². The highest BCUT2D eigenvalue weighted by Gasteiger charge is 2.66. The molecule has 0 radical (unpaired) electrons. The maximum Gasteiger partial charge on any atom is 0.330 e. The van der Waals surface area contributed by atoms with E-state index in [9.17, 15) is 19.1 Å². The third kappa shape index (κ3) is 2.97. The Morgan fingerprint density at radius 3 is 2.54 bits per heavy atom. The Bertz CT molecular complexity index is 907. The number of amides is 1. The van der Waals surface area contributed by atoms with Gasteiger partial charge >= 0.3 is 5.97 Å². The van der Waals surface area contributed by atoms with E-state index < -0.39 is 22.8 Å². The van der Waals surface area contributed by atoms with Crippen molar-refractivity contribution in [2.24, 2.45) is 5.41 Å². The molecule has 1 saturated carbocycles. The topological polar surface area (TPSA) is 93.5 Å². The van der Waals surface area contributed by atoms with Crippen LogP contribution in [0.25, 0.3) is 5.69 Å². The Labute approximate surface area is 162 Å². The molecule has 2 N–H and O–H groups in total. The average molecular weight is 389 g/mol. The molecule has 0 saturated heterocycles. The second-order valence-corrected chi connectivity index (χ2v) is 7.57. The van der Waals surface area contributed by atoms with Gasteiger partial charge in [-0.15, -0.1) is 0 Å². The van der Waals surface area contributed by atoms with Gasteiger partial charge in [0.2, 0.25) is 0 Å². The number of carboxylic acid groups (broad SMARTS) is 1. The van der Waals surface area contributed by atoms with Crippen molar-refractivity contribution >= 4 is 11.9 Å². The van der Waals surface area contributed by atoms with Crippen molar-refractivity contribution in [1.82, 2.24) is 15.1 Å². The minimum Gasteiger partial charge on any atom is -0.479 e. The molecular formula is C20H24FN3O4. The summed E-state index contributed by atoms with van der Waals surface area (Å²) in [6.45, 7) is 7.58. The van der Waals surface area contributed by atoms with Crippen LogP contribution in [0.15, 0.2) is 30.5 Å². The third-order valence-corrected chi connectivity index (χ3v) is 5.78. The number of halogens is 1. The lowest BCUT2D eigenvalue weighted by atomic mass is 9.54. The predicted molar refractivity (Wildman–Crippen MR) is 99.9 cm³/mol. The average Bonchev–Trinajstić information content (AvgIpc) is 3.02. The Hall–Kier alpha value is -2.74. The summed E-state index contributed by atoms with van der Waals surface area (Å²) in [6.07, 6.45) is 1.33. The number of hydrogen-bond acceptors (Lipinski definition) is 4. The predicted octanol–water partition coefficient (Wildman–Crippen LogP) is 2.71. The summed E-state index contributed by atoms with van der Waals surface area (Å²) in [5, 5.41) is 16.8. The highest BCUT2D eigenvalue weighted by Crippen LogP contribution is 2.51. The number of carbonyl (C=O) groups is 2. The Morgan fingerprint density at radius 2 is 2.00 bits per heavy atom. The molecule has 1 heterocycles. The van der Waals surface area contributed by atoms with Gasteiger partial charge in [-0.25, -0.2) is 13.9 Å². The van der Waals surface area contributed by atoms with Crippen LogP contribution in [0.4, 0.5) is 4.39 Å². The third-order valence-electron chi connectivity index (χ3n) is 5.78. The highest BCUT2D eigenvalue weighted by molar-refractivity contribution is 5.99. The molecule has 28 heavy (non-hydrogen) atoms. The summed E-state index contributed by atoms with van der Waals surface area (Å²) in [7, 11) is 0. The zero-order valence-electron chi connectivity index (χ0n) is 16.3. The molecule has 8 heteroatoms. The van der Waals surface area contributed by atoms with Gasteiger partial charge in [-0.2, -0.15) is 5.10 Å². The van der Waals surface area contributed by atoms with Crippen LogP contribution in [-0.4, -0.2) is 45.0 Å². The van der Waals surface area contributed by atoms with Crippen molar-refractivity contribution in [1.29, 1.82) is 0 Å². The summed E-state index contributed by atoms with van der Waals surface area (Å²) in [5.74, 6) is -1.98. The van der Waals surface area contributed by atoms with Crippen molar-refractivity contribution in [3.63, 3.8) is 0 Å². The lowest BCUT2D eigenvalue weighted by Crippen LogP contribution is -2.76. The molecule has 1 aromatic heterocycles. The molecule has 1 fully saturated rings. The number of aromatic nitrogens is 2. The summed E-state index contributed by atoms with van der Waals surface area (Å²) < 4.78 is 20.3. The molecule has 0 aliphatic heterocycles. The zero-order valence-corrected chi connectivity index (χ0v) is 16.3. The molecule has 2 aromatic rings. The van der Waals surface area contributed by atoms with Gasteiger partial charge in [-0.05, 0) is 38.1 Å². The van der Waals surface area contributed by atoms with Crippen molar-refractivity contribution in [2.45, 2.75) is 45.8 Å². The van der Waals surface area contributed by atoms with Crippen molar-refractivity contribution in [3.05, 3.63) is 47.5 Å². The van der Waals surface area contributed by atoms with Crippen molar-refractivity contribution in [2.75, 3.05) is 6.61 Å². The Kier molecular flexibility index (Phi) is 5.01. The smallest absolute Gasteiger partial charge is 0.330 e. The molecule has 1 aliphatic carbocycles. The fraction of sp³-hybridized carbons (Fsp3) is 0.450. The first kappa shape index (κ1) is 20.0. The Balaban J connectivity index is 1.87. The molecule has 2 unspecified atom stereocenters. The maximum absolute atomic E-state index is 13.1. The number of carbonyl (C=O) groups excluding carboxylic acids is 1. The molecule has 0 bridgehead atoms. The first-order chi connectivity index (χ1) is 13.1. The van der Waals surface area contributed by atoms with Crippen LogP contribution in [0.1, 0.15) is 43.2 Å². The molecule has 0 spiro atoms. The minimum absolute atomic E-state index is 0.195. The van der Waals surface area contributed by atoms with Gasteiger partial charge in [-0.1, -0.05) is 13.8 Å². The number of rotatable bonds is 6. The molecule has 7 nitrogen and oxygen atoms in total. The molecular weight excluding hydrogens is 365 g/mol. The first-order valence-electron chi connectivity index (χ1n) is 9.12. The van der Waals surface area contributed by atoms with Gasteiger partial charge < -0.3 is 15.2 Å². The standard InChI is InChI=1S/C20H24FN3O4/c1-5-28-16-10-20(18(26)27,19(16,3)4)23-17(25)15-11-22-24(12(15)2)14-8-6-13(21)7-9-14/h6-9,11,16H,5,10H2,1-4H3,(H,23,25)(H,26,27). The van der Waals surface area contributed by atoms with Gasteiger partial charge in [-0.3, -0.25) is 4.79 Å². The van der Waals surface area contributed by atoms with Crippen LogP contribution in [0.2, 0.25) is 0 Å².